The van der Waals surface area contributed by atoms with E-state index in [9.17, 15) is 4.79 Å². The van der Waals surface area contributed by atoms with Gasteiger partial charge in [-0.25, -0.2) is 5.43 Å². The highest BCUT2D eigenvalue weighted by molar-refractivity contribution is 5.92. The maximum atomic E-state index is 11.6. The lowest BCUT2D eigenvalue weighted by Gasteiger charge is -1.99. The minimum atomic E-state index is -0.382. The third kappa shape index (κ3) is 3.45. The van der Waals surface area contributed by atoms with Gasteiger partial charge in [0.1, 0.15) is 11.5 Å². The van der Waals surface area contributed by atoms with Gasteiger partial charge in [0.15, 0.2) is 5.76 Å². The standard InChI is InChI=1S/C14H14N2O3/c1-10-6-7-13(19-10)14(17)16-15-9-11-4-3-5-12(8-11)18-2/h3-9H,1-2H3,(H,16,17)/b15-9+. The summed E-state index contributed by atoms with van der Waals surface area (Å²) in [7, 11) is 1.59. The van der Waals surface area contributed by atoms with E-state index in [0.717, 1.165) is 11.3 Å². The molecule has 1 N–H and O–H groups in total. The maximum absolute atomic E-state index is 11.6. The summed E-state index contributed by atoms with van der Waals surface area (Å²) in [6.07, 6.45) is 1.54. The number of hydrogen-bond donors (Lipinski definition) is 1. The van der Waals surface area contributed by atoms with Gasteiger partial charge in [-0.05, 0) is 36.8 Å². The first-order valence-electron chi connectivity index (χ1n) is 5.73. The quantitative estimate of drug-likeness (QED) is 0.676. The Morgan fingerprint density at radius 2 is 2.21 bits per heavy atom. The van der Waals surface area contributed by atoms with E-state index in [-0.39, 0.29) is 11.7 Å². The summed E-state index contributed by atoms with van der Waals surface area (Å²) in [6, 6.07) is 10.7. The second kappa shape index (κ2) is 5.86. The Morgan fingerprint density at radius 1 is 1.37 bits per heavy atom. The molecule has 2 rings (SSSR count). The molecule has 0 spiro atoms. The van der Waals surface area contributed by atoms with E-state index in [1.807, 2.05) is 24.3 Å². The molecular formula is C14H14N2O3. The molecule has 1 amide bonds. The number of furan rings is 1. The van der Waals surface area contributed by atoms with Crippen LogP contribution in [0.4, 0.5) is 0 Å². The molecule has 0 bridgehead atoms. The Balaban J connectivity index is 1.97. The van der Waals surface area contributed by atoms with Gasteiger partial charge in [-0.15, -0.1) is 0 Å². The van der Waals surface area contributed by atoms with Crippen molar-refractivity contribution in [2.75, 3.05) is 7.11 Å². The van der Waals surface area contributed by atoms with E-state index < -0.39 is 0 Å². The molecule has 0 atom stereocenters. The number of ether oxygens (including phenoxy) is 1. The smallest absolute Gasteiger partial charge is 0.307 e. The largest absolute Gasteiger partial charge is 0.497 e. The van der Waals surface area contributed by atoms with Gasteiger partial charge in [0, 0.05) is 0 Å². The highest BCUT2D eigenvalue weighted by Crippen LogP contribution is 2.10. The molecule has 1 aromatic heterocycles. The summed E-state index contributed by atoms with van der Waals surface area (Å²) in [5.41, 5.74) is 3.22. The minimum absolute atomic E-state index is 0.236. The third-order valence-corrected chi connectivity index (χ3v) is 2.44. The molecule has 1 heterocycles. The first kappa shape index (κ1) is 12.9. The third-order valence-electron chi connectivity index (χ3n) is 2.44. The Labute approximate surface area is 110 Å². The number of hydrogen-bond acceptors (Lipinski definition) is 4. The molecule has 1 aromatic carbocycles. The van der Waals surface area contributed by atoms with Crippen LogP contribution < -0.4 is 10.2 Å². The van der Waals surface area contributed by atoms with E-state index in [2.05, 4.69) is 10.5 Å². The van der Waals surface area contributed by atoms with Crippen molar-refractivity contribution in [2.24, 2.45) is 5.10 Å². The Hall–Kier alpha value is -2.56. The SMILES string of the molecule is COc1cccc(/C=N/NC(=O)c2ccc(C)o2)c1. The zero-order valence-corrected chi connectivity index (χ0v) is 10.7. The molecule has 2 aromatic rings. The highest BCUT2D eigenvalue weighted by atomic mass is 16.5. The van der Waals surface area contributed by atoms with Crippen molar-refractivity contribution in [3.05, 3.63) is 53.5 Å². The fourth-order valence-electron chi connectivity index (χ4n) is 1.50. The van der Waals surface area contributed by atoms with Crippen LogP contribution in [0, 0.1) is 6.92 Å². The van der Waals surface area contributed by atoms with Crippen molar-refractivity contribution in [3.63, 3.8) is 0 Å². The van der Waals surface area contributed by atoms with Gasteiger partial charge in [0.05, 0.1) is 13.3 Å². The molecule has 0 saturated heterocycles. The second-order valence-electron chi connectivity index (χ2n) is 3.89. The Bertz CT molecular complexity index is 602. The summed E-state index contributed by atoms with van der Waals surface area (Å²) in [6.45, 7) is 1.77. The Kier molecular flexibility index (Phi) is 3.97. The maximum Gasteiger partial charge on any atom is 0.307 e. The van der Waals surface area contributed by atoms with Gasteiger partial charge in [0.25, 0.3) is 0 Å². The average molecular weight is 258 g/mol. The summed E-state index contributed by atoms with van der Waals surface area (Å²) in [5.74, 6) is 1.27. The first-order chi connectivity index (χ1) is 9.19. The highest BCUT2D eigenvalue weighted by Gasteiger charge is 2.07. The van der Waals surface area contributed by atoms with Crippen LogP contribution >= 0.6 is 0 Å². The first-order valence-corrected chi connectivity index (χ1v) is 5.73. The van der Waals surface area contributed by atoms with E-state index in [1.54, 1.807) is 26.2 Å². The van der Waals surface area contributed by atoms with Crippen LogP contribution in [0.3, 0.4) is 0 Å². The monoisotopic (exact) mass is 258 g/mol. The van der Waals surface area contributed by atoms with Crippen LogP contribution in [0.2, 0.25) is 0 Å². The van der Waals surface area contributed by atoms with E-state index in [4.69, 9.17) is 9.15 Å². The molecule has 0 aliphatic heterocycles. The summed E-state index contributed by atoms with van der Waals surface area (Å²) in [5, 5.41) is 3.86. The van der Waals surface area contributed by atoms with Crippen molar-refractivity contribution >= 4 is 12.1 Å². The fraction of sp³-hybridized carbons (Fsp3) is 0.143. The van der Waals surface area contributed by atoms with Crippen LogP contribution in [0.1, 0.15) is 21.9 Å². The number of nitrogens with zero attached hydrogens (tertiary/aromatic N) is 1. The molecular weight excluding hydrogens is 244 g/mol. The van der Waals surface area contributed by atoms with Gasteiger partial charge in [-0.3, -0.25) is 4.79 Å². The molecule has 0 aliphatic carbocycles. The second-order valence-corrected chi connectivity index (χ2v) is 3.89. The number of carbonyl (C=O) groups excluding carboxylic acids is 1. The van der Waals surface area contributed by atoms with Crippen LogP contribution in [-0.2, 0) is 0 Å². The van der Waals surface area contributed by atoms with Gasteiger partial charge in [-0.2, -0.15) is 5.10 Å². The number of hydrazone groups is 1. The van der Waals surface area contributed by atoms with E-state index >= 15 is 0 Å². The van der Waals surface area contributed by atoms with Crippen LogP contribution in [0.5, 0.6) is 5.75 Å². The minimum Gasteiger partial charge on any atom is -0.497 e. The van der Waals surface area contributed by atoms with E-state index in [0.29, 0.717) is 5.76 Å². The number of aryl methyl sites for hydroxylation is 1. The molecule has 5 nitrogen and oxygen atoms in total. The predicted octanol–water partition coefficient (Wildman–Crippen LogP) is 2.36. The summed E-state index contributed by atoms with van der Waals surface area (Å²) < 4.78 is 10.3. The zero-order valence-electron chi connectivity index (χ0n) is 10.7. The molecule has 0 fully saturated rings. The Morgan fingerprint density at radius 3 is 2.89 bits per heavy atom. The number of carbonyl (C=O) groups is 1. The molecule has 0 aliphatic rings. The van der Waals surface area contributed by atoms with Gasteiger partial charge >= 0.3 is 5.91 Å². The molecule has 19 heavy (non-hydrogen) atoms. The molecule has 0 radical (unpaired) electrons. The summed E-state index contributed by atoms with van der Waals surface area (Å²) in [4.78, 5) is 11.6. The number of methoxy groups -OCH3 is 1. The lowest BCUT2D eigenvalue weighted by Crippen LogP contribution is -2.16. The van der Waals surface area contributed by atoms with Crippen molar-refractivity contribution in [1.82, 2.24) is 5.43 Å². The van der Waals surface area contributed by atoms with Crippen molar-refractivity contribution < 1.29 is 13.9 Å². The molecule has 0 unspecified atom stereocenters. The predicted molar refractivity (Wildman–Crippen MR) is 71.5 cm³/mol. The van der Waals surface area contributed by atoms with Crippen LogP contribution in [-0.4, -0.2) is 19.2 Å². The van der Waals surface area contributed by atoms with Crippen LogP contribution in [0.25, 0.3) is 0 Å². The number of nitrogens with one attached hydrogen (secondary N) is 1. The van der Waals surface area contributed by atoms with E-state index in [1.165, 1.54) is 6.21 Å². The normalized spacial score (nSPS) is 10.6. The number of rotatable bonds is 4. The van der Waals surface area contributed by atoms with Crippen molar-refractivity contribution in [3.8, 4) is 5.75 Å². The lowest BCUT2D eigenvalue weighted by molar-refractivity contribution is 0.0926. The van der Waals surface area contributed by atoms with Crippen LogP contribution in [0.15, 0.2) is 45.9 Å². The molecule has 0 saturated carbocycles. The molecule has 98 valence electrons. The number of benzene rings is 1. The summed E-state index contributed by atoms with van der Waals surface area (Å²) >= 11 is 0. The lowest BCUT2D eigenvalue weighted by atomic mass is 10.2. The average Bonchev–Trinajstić information content (AvgIpc) is 2.86. The van der Waals surface area contributed by atoms with Crippen molar-refractivity contribution in [2.45, 2.75) is 6.92 Å². The van der Waals surface area contributed by atoms with Gasteiger partial charge in [0.2, 0.25) is 0 Å². The van der Waals surface area contributed by atoms with Crippen molar-refractivity contribution in [1.29, 1.82) is 0 Å². The topological polar surface area (TPSA) is 63.8 Å². The fourth-order valence-corrected chi connectivity index (χ4v) is 1.50. The zero-order chi connectivity index (χ0) is 13.7. The van der Waals surface area contributed by atoms with Gasteiger partial charge < -0.3 is 9.15 Å². The number of amides is 1. The molecule has 5 heteroatoms. The van der Waals surface area contributed by atoms with Gasteiger partial charge in [-0.1, -0.05) is 12.1 Å².